The SMILES string of the molecule is C=CCOc1ccc(/C=C/C(=O)N2CCOC(c3ccccc3)C2)cc1OC. The molecule has 2 aromatic carbocycles. The van der Waals surface area contributed by atoms with E-state index in [1.807, 2.05) is 53.4 Å². The highest BCUT2D eigenvalue weighted by molar-refractivity contribution is 5.92. The maximum Gasteiger partial charge on any atom is 0.246 e. The molecule has 1 aliphatic rings. The molecule has 5 heteroatoms. The molecule has 0 spiro atoms. The second kappa shape index (κ2) is 9.76. The molecule has 5 nitrogen and oxygen atoms in total. The van der Waals surface area contributed by atoms with E-state index in [-0.39, 0.29) is 12.0 Å². The molecule has 1 saturated heterocycles. The Kier molecular flexibility index (Phi) is 6.87. The molecule has 1 unspecified atom stereocenters. The third-order valence-electron chi connectivity index (χ3n) is 4.51. The molecule has 0 radical (unpaired) electrons. The van der Waals surface area contributed by atoms with Crippen LogP contribution in [-0.2, 0) is 9.53 Å². The Morgan fingerprint density at radius 1 is 1.25 bits per heavy atom. The maximum atomic E-state index is 12.6. The molecular formula is C23H25NO4. The molecule has 3 rings (SSSR count). The minimum Gasteiger partial charge on any atom is -0.493 e. The van der Waals surface area contributed by atoms with Gasteiger partial charge in [0.1, 0.15) is 12.7 Å². The van der Waals surface area contributed by atoms with Crippen LogP contribution in [0.4, 0.5) is 0 Å². The smallest absolute Gasteiger partial charge is 0.246 e. The zero-order chi connectivity index (χ0) is 19.8. The lowest BCUT2D eigenvalue weighted by molar-refractivity contribution is -0.133. The Morgan fingerprint density at radius 2 is 2.07 bits per heavy atom. The van der Waals surface area contributed by atoms with E-state index in [4.69, 9.17) is 14.2 Å². The number of methoxy groups -OCH3 is 1. The fraction of sp³-hybridized carbons (Fsp3) is 0.261. The van der Waals surface area contributed by atoms with Crippen LogP contribution >= 0.6 is 0 Å². The number of hydrogen-bond donors (Lipinski definition) is 0. The molecule has 1 heterocycles. The number of carbonyl (C=O) groups excluding carboxylic acids is 1. The van der Waals surface area contributed by atoms with Gasteiger partial charge in [-0.25, -0.2) is 0 Å². The number of morpholine rings is 1. The molecule has 0 saturated carbocycles. The average molecular weight is 379 g/mol. The summed E-state index contributed by atoms with van der Waals surface area (Å²) >= 11 is 0. The molecule has 1 amide bonds. The second-order valence-electron chi connectivity index (χ2n) is 6.40. The summed E-state index contributed by atoms with van der Waals surface area (Å²) in [7, 11) is 1.59. The molecular weight excluding hydrogens is 354 g/mol. The number of benzene rings is 2. The first-order valence-electron chi connectivity index (χ1n) is 9.26. The number of nitrogens with zero attached hydrogens (tertiary/aromatic N) is 1. The first-order chi connectivity index (χ1) is 13.7. The Balaban J connectivity index is 1.65. The lowest BCUT2D eigenvalue weighted by Gasteiger charge is -2.32. The molecule has 0 N–H and O–H groups in total. The Labute approximate surface area is 165 Å². The predicted molar refractivity (Wildman–Crippen MR) is 109 cm³/mol. The van der Waals surface area contributed by atoms with Crippen molar-refractivity contribution in [3.63, 3.8) is 0 Å². The van der Waals surface area contributed by atoms with Crippen molar-refractivity contribution in [1.29, 1.82) is 0 Å². The normalized spacial score (nSPS) is 16.8. The third kappa shape index (κ3) is 5.02. The van der Waals surface area contributed by atoms with Crippen LogP contribution in [0.15, 0.2) is 67.3 Å². The number of hydrogen-bond acceptors (Lipinski definition) is 4. The highest BCUT2D eigenvalue weighted by Crippen LogP contribution is 2.28. The van der Waals surface area contributed by atoms with Gasteiger partial charge in [-0.3, -0.25) is 4.79 Å². The van der Waals surface area contributed by atoms with Crippen LogP contribution in [0.25, 0.3) is 6.08 Å². The lowest BCUT2D eigenvalue weighted by atomic mass is 10.1. The van der Waals surface area contributed by atoms with E-state index in [2.05, 4.69) is 6.58 Å². The average Bonchev–Trinajstić information content (AvgIpc) is 2.77. The van der Waals surface area contributed by atoms with Gasteiger partial charge in [-0.1, -0.05) is 49.1 Å². The summed E-state index contributed by atoms with van der Waals surface area (Å²) in [4.78, 5) is 14.4. The Morgan fingerprint density at radius 3 is 2.82 bits per heavy atom. The highest BCUT2D eigenvalue weighted by Gasteiger charge is 2.24. The van der Waals surface area contributed by atoms with Crippen LogP contribution in [0.1, 0.15) is 17.2 Å². The minimum absolute atomic E-state index is 0.0322. The quantitative estimate of drug-likeness (QED) is 0.541. The molecule has 1 fully saturated rings. The monoisotopic (exact) mass is 379 g/mol. The first-order valence-corrected chi connectivity index (χ1v) is 9.26. The largest absolute Gasteiger partial charge is 0.493 e. The van der Waals surface area contributed by atoms with Crippen LogP contribution in [0.3, 0.4) is 0 Å². The summed E-state index contributed by atoms with van der Waals surface area (Å²) in [5.41, 5.74) is 1.95. The first kappa shape index (κ1) is 19.7. The van der Waals surface area contributed by atoms with E-state index in [0.717, 1.165) is 11.1 Å². The second-order valence-corrected chi connectivity index (χ2v) is 6.40. The van der Waals surface area contributed by atoms with Crippen molar-refractivity contribution in [1.82, 2.24) is 4.90 Å². The molecule has 146 valence electrons. The molecule has 0 aliphatic carbocycles. The van der Waals surface area contributed by atoms with E-state index >= 15 is 0 Å². The van der Waals surface area contributed by atoms with Crippen LogP contribution < -0.4 is 9.47 Å². The third-order valence-corrected chi connectivity index (χ3v) is 4.51. The van der Waals surface area contributed by atoms with Crippen molar-refractivity contribution in [2.75, 3.05) is 33.4 Å². The number of rotatable bonds is 7. The summed E-state index contributed by atoms with van der Waals surface area (Å²) in [5.74, 6) is 1.23. The van der Waals surface area contributed by atoms with Gasteiger partial charge in [0, 0.05) is 12.6 Å². The minimum atomic E-state index is -0.0892. The highest BCUT2D eigenvalue weighted by atomic mass is 16.5. The maximum absolute atomic E-state index is 12.6. The number of carbonyl (C=O) groups is 1. The summed E-state index contributed by atoms with van der Waals surface area (Å²) < 4.78 is 16.7. The van der Waals surface area contributed by atoms with Crippen molar-refractivity contribution in [2.45, 2.75) is 6.10 Å². The van der Waals surface area contributed by atoms with Crippen LogP contribution in [0.2, 0.25) is 0 Å². The van der Waals surface area contributed by atoms with Gasteiger partial charge in [0.05, 0.1) is 20.3 Å². The van der Waals surface area contributed by atoms with E-state index < -0.39 is 0 Å². The number of amides is 1. The van der Waals surface area contributed by atoms with Crippen molar-refractivity contribution < 1.29 is 19.0 Å². The van der Waals surface area contributed by atoms with Crippen molar-refractivity contribution in [3.8, 4) is 11.5 Å². The van der Waals surface area contributed by atoms with Crippen LogP contribution in [0, 0.1) is 0 Å². The van der Waals surface area contributed by atoms with Gasteiger partial charge in [-0.05, 0) is 29.3 Å². The summed E-state index contributed by atoms with van der Waals surface area (Å²) in [5, 5.41) is 0. The zero-order valence-corrected chi connectivity index (χ0v) is 16.0. The van der Waals surface area contributed by atoms with E-state index in [0.29, 0.717) is 37.8 Å². The molecule has 2 aromatic rings. The fourth-order valence-electron chi connectivity index (χ4n) is 3.05. The van der Waals surface area contributed by atoms with Gasteiger partial charge < -0.3 is 19.1 Å². The van der Waals surface area contributed by atoms with Gasteiger partial charge >= 0.3 is 0 Å². The summed E-state index contributed by atoms with van der Waals surface area (Å²) in [6, 6.07) is 15.5. The van der Waals surface area contributed by atoms with Gasteiger partial charge in [0.15, 0.2) is 11.5 Å². The Hall–Kier alpha value is -3.05. The van der Waals surface area contributed by atoms with Gasteiger partial charge in [0.25, 0.3) is 0 Å². The van der Waals surface area contributed by atoms with Crippen LogP contribution in [-0.4, -0.2) is 44.2 Å². The standard InChI is InChI=1S/C23H25NO4/c1-3-14-27-20-11-9-18(16-21(20)26-2)10-12-23(25)24-13-15-28-22(17-24)19-7-5-4-6-8-19/h3-12,16,22H,1,13-15,17H2,2H3/b12-10+. The molecule has 0 aromatic heterocycles. The van der Waals surface area contributed by atoms with Gasteiger partial charge in [-0.15, -0.1) is 0 Å². The van der Waals surface area contributed by atoms with E-state index in [1.165, 1.54) is 0 Å². The van der Waals surface area contributed by atoms with Crippen molar-refractivity contribution in [3.05, 3.63) is 78.4 Å². The van der Waals surface area contributed by atoms with Crippen LogP contribution in [0.5, 0.6) is 11.5 Å². The lowest BCUT2D eigenvalue weighted by Crippen LogP contribution is -2.41. The van der Waals surface area contributed by atoms with Gasteiger partial charge in [0.2, 0.25) is 5.91 Å². The van der Waals surface area contributed by atoms with E-state index in [1.54, 1.807) is 25.3 Å². The summed E-state index contributed by atoms with van der Waals surface area (Å²) in [6.45, 7) is 5.71. The molecule has 1 aliphatic heterocycles. The molecule has 28 heavy (non-hydrogen) atoms. The number of ether oxygens (including phenoxy) is 3. The van der Waals surface area contributed by atoms with Gasteiger partial charge in [-0.2, -0.15) is 0 Å². The van der Waals surface area contributed by atoms with E-state index in [9.17, 15) is 4.79 Å². The zero-order valence-electron chi connectivity index (χ0n) is 16.0. The fourth-order valence-corrected chi connectivity index (χ4v) is 3.05. The molecule has 1 atom stereocenters. The predicted octanol–water partition coefficient (Wildman–Crippen LogP) is 3.87. The summed E-state index contributed by atoms with van der Waals surface area (Å²) in [6.07, 6.45) is 4.96. The van der Waals surface area contributed by atoms with Crippen molar-refractivity contribution in [2.24, 2.45) is 0 Å². The Bertz CT molecular complexity index is 832. The van der Waals surface area contributed by atoms with Crippen molar-refractivity contribution >= 4 is 12.0 Å². The molecule has 0 bridgehead atoms. The topological polar surface area (TPSA) is 48.0 Å².